The fourth-order valence-electron chi connectivity index (χ4n) is 1.81. The first-order chi connectivity index (χ1) is 8.11. The van der Waals surface area contributed by atoms with Crippen molar-refractivity contribution < 1.29 is 0 Å². The molecular formula is C14H15ClN2. The van der Waals surface area contributed by atoms with Crippen LogP contribution in [0.25, 0.3) is 6.08 Å². The van der Waals surface area contributed by atoms with E-state index in [1.807, 2.05) is 38.2 Å². The lowest BCUT2D eigenvalue weighted by Gasteiger charge is -2.10. The molecule has 17 heavy (non-hydrogen) atoms. The Morgan fingerprint density at radius 2 is 2.18 bits per heavy atom. The molecule has 1 heterocycles. The van der Waals surface area contributed by atoms with Gasteiger partial charge in [-0.2, -0.15) is 0 Å². The summed E-state index contributed by atoms with van der Waals surface area (Å²) >= 11 is 6.25. The monoisotopic (exact) mass is 246 g/mol. The molecule has 0 atom stereocenters. The summed E-state index contributed by atoms with van der Waals surface area (Å²) in [4.78, 5) is 4.28. The predicted molar refractivity (Wildman–Crippen MR) is 72.3 cm³/mol. The van der Waals surface area contributed by atoms with Gasteiger partial charge in [0.15, 0.2) is 0 Å². The molecule has 0 amide bonds. The number of halogens is 1. The molecule has 0 unspecified atom stereocenters. The van der Waals surface area contributed by atoms with E-state index in [0.717, 1.165) is 34.2 Å². The zero-order valence-corrected chi connectivity index (χ0v) is 10.8. The third-order valence-electron chi connectivity index (χ3n) is 2.90. The minimum absolute atomic E-state index is 0.758. The van der Waals surface area contributed by atoms with E-state index in [9.17, 15) is 0 Å². The zero-order valence-electron chi connectivity index (χ0n) is 10.1. The van der Waals surface area contributed by atoms with Gasteiger partial charge in [0, 0.05) is 16.9 Å². The highest BCUT2D eigenvalue weighted by atomic mass is 35.5. The van der Waals surface area contributed by atoms with Crippen LogP contribution < -0.4 is 0 Å². The molecule has 1 aromatic heterocycles. The lowest BCUT2D eigenvalue weighted by molar-refractivity contribution is 0.738. The molecule has 3 heteroatoms. The number of hydrogen-bond donors (Lipinski definition) is 0. The van der Waals surface area contributed by atoms with E-state index in [1.54, 1.807) is 6.08 Å². The van der Waals surface area contributed by atoms with Crippen LogP contribution in [0, 0.1) is 13.8 Å². The minimum atomic E-state index is 0.758. The highest BCUT2D eigenvalue weighted by Crippen LogP contribution is 2.20. The van der Waals surface area contributed by atoms with Crippen LogP contribution in [0.1, 0.15) is 22.6 Å². The van der Waals surface area contributed by atoms with Crippen molar-refractivity contribution in [3.63, 3.8) is 0 Å². The molecule has 0 fully saturated rings. The van der Waals surface area contributed by atoms with E-state index in [1.165, 1.54) is 0 Å². The molecule has 0 spiro atoms. The van der Waals surface area contributed by atoms with Crippen LogP contribution >= 0.6 is 11.6 Å². The molecule has 0 radical (unpaired) electrons. The van der Waals surface area contributed by atoms with Gasteiger partial charge in [0.1, 0.15) is 5.82 Å². The number of nitrogens with zero attached hydrogens (tertiary/aromatic N) is 2. The van der Waals surface area contributed by atoms with Crippen LogP contribution in [-0.2, 0) is 6.54 Å². The molecule has 0 bridgehead atoms. The summed E-state index contributed by atoms with van der Waals surface area (Å²) in [5.41, 5.74) is 3.28. The highest BCUT2D eigenvalue weighted by molar-refractivity contribution is 6.31. The minimum Gasteiger partial charge on any atom is -0.328 e. The third-order valence-corrected chi connectivity index (χ3v) is 3.25. The summed E-state index contributed by atoms with van der Waals surface area (Å²) in [5.74, 6) is 1.01. The molecule has 0 aliphatic heterocycles. The summed E-state index contributed by atoms with van der Waals surface area (Å²) in [7, 11) is 0. The molecule has 2 nitrogen and oxygen atoms in total. The van der Waals surface area contributed by atoms with Gasteiger partial charge >= 0.3 is 0 Å². The fraction of sp³-hybridized carbons (Fsp3) is 0.214. The molecule has 0 saturated heterocycles. The quantitative estimate of drug-likeness (QED) is 0.805. The molecular weight excluding hydrogens is 232 g/mol. The molecule has 1 aromatic carbocycles. The second-order valence-corrected chi connectivity index (χ2v) is 4.50. The summed E-state index contributed by atoms with van der Waals surface area (Å²) in [6, 6.07) is 6.00. The van der Waals surface area contributed by atoms with Gasteiger partial charge in [0.2, 0.25) is 0 Å². The third kappa shape index (κ3) is 2.42. The van der Waals surface area contributed by atoms with Gasteiger partial charge in [-0.25, -0.2) is 4.98 Å². The Hall–Kier alpha value is -1.54. The van der Waals surface area contributed by atoms with Gasteiger partial charge in [-0.3, -0.25) is 0 Å². The van der Waals surface area contributed by atoms with Crippen LogP contribution in [0.5, 0.6) is 0 Å². The van der Waals surface area contributed by atoms with Crippen LogP contribution in [0.15, 0.2) is 31.0 Å². The molecule has 2 rings (SSSR count). The van der Waals surface area contributed by atoms with Crippen LogP contribution in [0.2, 0.25) is 5.02 Å². The van der Waals surface area contributed by atoms with Crippen molar-refractivity contribution in [3.05, 3.63) is 58.6 Å². The lowest BCUT2D eigenvalue weighted by atomic mass is 10.1. The second kappa shape index (κ2) is 4.76. The summed E-state index contributed by atoms with van der Waals surface area (Å²) in [6.45, 7) is 8.54. The molecule has 0 saturated carbocycles. The molecule has 88 valence electrons. The fourth-order valence-corrected chi connectivity index (χ4v) is 2.06. The molecule has 2 aromatic rings. The van der Waals surface area contributed by atoms with Crippen molar-refractivity contribution in [2.24, 2.45) is 0 Å². The maximum Gasteiger partial charge on any atom is 0.106 e. The second-order valence-electron chi connectivity index (χ2n) is 4.09. The Balaban J connectivity index is 2.33. The van der Waals surface area contributed by atoms with Gasteiger partial charge < -0.3 is 4.57 Å². The number of hydrogen-bond acceptors (Lipinski definition) is 1. The maximum absolute atomic E-state index is 6.25. The van der Waals surface area contributed by atoms with Gasteiger partial charge in [0.05, 0.1) is 6.54 Å². The maximum atomic E-state index is 6.25. The number of aromatic nitrogens is 2. The molecule has 0 N–H and O–H groups in total. The normalized spacial score (nSPS) is 10.5. The highest BCUT2D eigenvalue weighted by Gasteiger charge is 2.06. The Kier molecular flexibility index (Phi) is 3.34. The van der Waals surface area contributed by atoms with E-state index < -0.39 is 0 Å². The lowest BCUT2D eigenvalue weighted by Crippen LogP contribution is -2.04. The van der Waals surface area contributed by atoms with Crippen molar-refractivity contribution in [1.82, 2.24) is 9.55 Å². The first kappa shape index (κ1) is 11.9. The first-order valence-corrected chi connectivity index (χ1v) is 5.89. The van der Waals surface area contributed by atoms with Crippen LogP contribution in [0.4, 0.5) is 0 Å². The van der Waals surface area contributed by atoms with Crippen molar-refractivity contribution in [1.29, 1.82) is 0 Å². The number of aryl methyl sites for hydroxylation is 2. The largest absolute Gasteiger partial charge is 0.328 e. The smallest absolute Gasteiger partial charge is 0.106 e. The van der Waals surface area contributed by atoms with Crippen molar-refractivity contribution in [2.45, 2.75) is 20.4 Å². The first-order valence-electron chi connectivity index (χ1n) is 5.51. The van der Waals surface area contributed by atoms with Crippen LogP contribution in [-0.4, -0.2) is 9.55 Å². The van der Waals surface area contributed by atoms with Gasteiger partial charge in [-0.15, -0.1) is 0 Å². The molecule has 0 aliphatic carbocycles. The number of rotatable bonds is 3. The standard InChI is InChI=1S/C14H15ClN2/c1-4-12-5-6-13(14(15)7-12)9-17-10(2)8-16-11(17)3/h4-8H,1,9H2,2-3H3. The van der Waals surface area contributed by atoms with E-state index in [4.69, 9.17) is 11.6 Å². The Labute approximate surface area is 107 Å². The van der Waals surface area contributed by atoms with Crippen molar-refractivity contribution in [3.8, 4) is 0 Å². The van der Waals surface area contributed by atoms with Gasteiger partial charge in [-0.05, 0) is 31.0 Å². The Bertz CT molecular complexity index is 536. The van der Waals surface area contributed by atoms with Gasteiger partial charge in [-0.1, -0.05) is 36.4 Å². The van der Waals surface area contributed by atoms with Crippen LogP contribution in [0.3, 0.4) is 0 Å². The Morgan fingerprint density at radius 1 is 1.41 bits per heavy atom. The van der Waals surface area contributed by atoms with Crippen molar-refractivity contribution >= 4 is 17.7 Å². The number of imidazole rings is 1. The SMILES string of the molecule is C=Cc1ccc(Cn2c(C)cnc2C)c(Cl)c1. The van der Waals surface area contributed by atoms with E-state index in [2.05, 4.69) is 16.1 Å². The van der Waals surface area contributed by atoms with Crippen molar-refractivity contribution in [2.75, 3.05) is 0 Å². The molecule has 0 aliphatic rings. The zero-order chi connectivity index (χ0) is 12.4. The van der Waals surface area contributed by atoms with Gasteiger partial charge in [0.25, 0.3) is 0 Å². The Morgan fingerprint density at radius 3 is 2.71 bits per heavy atom. The topological polar surface area (TPSA) is 17.8 Å². The number of benzene rings is 1. The van der Waals surface area contributed by atoms with E-state index >= 15 is 0 Å². The predicted octanol–water partition coefficient (Wildman–Crippen LogP) is 3.84. The summed E-state index contributed by atoms with van der Waals surface area (Å²) in [6.07, 6.45) is 3.67. The summed E-state index contributed by atoms with van der Waals surface area (Å²) < 4.78 is 2.15. The average Bonchev–Trinajstić information content (AvgIpc) is 2.63. The summed E-state index contributed by atoms with van der Waals surface area (Å²) in [5, 5.41) is 0.773. The van der Waals surface area contributed by atoms with E-state index in [0.29, 0.717) is 0 Å². The average molecular weight is 247 g/mol. The van der Waals surface area contributed by atoms with E-state index in [-0.39, 0.29) is 0 Å².